The standard InChI is InChI=1S/C94H138N12O15/c1-22-62(10)81-93(120)98(14)64(12)87(114)102(18)76(49-59(4)5)90(117)105(21)79(55-69-44-34-26-35-45-69)92(119)104(20)77(50-60(6)7)89(116)100(16)74(48-58(2)3)84(111)95-72(57-70(108)56-71(61(8)9)83(110)97-82(65(13)107)94(121)101(17)75(85(112)96-81)53-67-40-30-24-31-41-67)88(115)103(19)78(54-68-42-32-25-33-43-68)91(118)99(15)73(52-66-38-28-23-29-39-66)80(109)51-63(11)86(113)106-46-36-27-37-47-106/h23-26,28-35,38-45,58-65,71-79,81-82,107H,22,27,36-37,46-57H2,1-21H3,(H,95,111)(H,96,112)(H,97,110)/t62-,63+,64-,65+,71+,72-,73-,74-,75-,76-,77-,78?,79-,81-,82-/m0/s1. The topological polar surface area (TPSA) is 324 Å². The molecule has 2 fully saturated rings. The maximum Gasteiger partial charge on any atom is 0.248 e. The lowest BCUT2D eigenvalue weighted by atomic mass is 9.87. The van der Waals surface area contributed by atoms with Crippen LogP contribution in [0, 0.1) is 41.4 Å². The van der Waals surface area contributed by atoms with Crippen molar-refractivity contribution in [1.82, 2.24) is 60.0 Å². The van der Waals surface area contributed by atoms with E-state index in [9.17, 15) is 9.90 Å². The average Bonchev–Trinajstić information content (AvgIpc) is 0.834. The van der Waals surface area contributed by atoms with E-state index in [1.54, 1.807) is 136 Å². The van der Waals surface area contributed by atoms with E-state index < -0.39 is 186 Å². The fourth-order valence-electron chi connectivity index (χ4n) is 16.2. The lowest BCUT2D eigenvalue weighted by molar-refractivity contribution is -0.156. The molecule has 4 aromatic rings. The number of carbonyl (C=O) groups excluding carboxylic acids is 14. The number of aliphatic hydroxyl groups excluding tert-OH is 1. The molecule has 6 rings (SSSR count). The molecule has 2 saturated heterocycles. The van der Waals surface area contributed by atoms with Crippen molar-refractivity contribution >= 4 is 82.5 Å². The van der Waals surface area contributed by atoms with Gasteiger partial charge in [-0.25, -0.2) is 0 Å². The van der Waals surface area contributed by atoms with Crippen LogP contribution in [0.2, 0.25) is 0 Å². The Balaban J connectivity index is 1.57. The van der Waals surface area contributed by atoms with E-state index >= 15 is 62.3 Å². The van der Waals surface area contributed by atoms with E-state index in [1.165, 1.54) is 99.6 Å². The van der Waals surface area contributed by atoms with E-state index in [2.05, 4.69) is 16.0 Å². The first-order valence-electron chi connectivity index (χ1n) is 43.2. The predicted octanol–water partition coefficient (Wildman–Crippen LogP) is 7.86. The number of likely N-dealkylation sites (tertiary alicyclic amines) is 1. The van der Waals surface area contributed by atoms with Crippen molar-refractivity contribution in [3.63, 3.8) is 0 Å². The second kappa shape index (κ2) is 46.7. The number of benzene rings is 4. The first-order valence-corrected chi connectivity index (χ1v) is 43.2. The van der Waals surface area contributed by atoms with Gasteiger partial charge < -0.3 is 65.2 Å². The van der Waals surface area contributed by atoms with Crippen LogP contribution < -0.4 is 16.0 Å². The van der Waals surface area contributed by atoms with Crippen LogP contribution >= 0.6 is 0 Å². The number of hydrogen-bond acceptors (Lipinski definition) is 15. The maximum atomic E-state index is 16.3. The number of ketones is 2. The molecule has 664 valence electrons. The molecule has 27 nitrogen and oxygen atoms in total. The Hall–Kier alpha value is -10.2. The first-order chi connectivity index (χ1) is 57.0. The zero-order valence-corrected chi connectivity index (χ0v) is 75.5. The number of likely N-dealkylation sites (N-methyl/N-ethyl adjacent to an activating group) is 8. The van der Waals surface area contributed by atoms with Crippen molar-refractivity contribution in [1.29, 1.82) is 0 Å². The van der Waals surface area contributed by atoms with Gasteiger partial charge in [0.05, 0.1) is 12.1 Å². The molecule has 0 aromatic heterocycles. The van der Waals surface area contributed by atoms with Crippen LogP contribution in [0.4, 0.5) is 0 Å². The predicted molar refractivity (Wildman–Crippen MR) is 466 cm³/mol. The SMILES string of the molecule is CC[C@H](C)[C@@H]1NC(=O)[C@H](Cc2ccccc2)N(C)C(=O)[C@H]([C@@H](C)O)NC(=O)[C@@H](C(C)C)CC(=O)C[C@@H](C(=O)N(C)C(Cc2ccccc2)C(=O)N(C)[C@@H](Cc2ccccc2)C(=O)C[C@@H](C)C(=O)N2CCCCC2)NC(=O)[C@H](CC(C)C)N(C)C(=O)[C@H](CC(C)C)N(C)C(=O)[C@H](Cc2ccccc2)N(C)C(=O)[C@H](CC(C)C)N(C)C(=O)[C@H](C)N(C)C1=O. The lowest BCUT2D eigenvalue weighted by Gasteiger charge is -2.40. The van der Waals surface area contributed by atoms with Crippen LogP contribution in [0.5, 0.6) is 0 Å². The molecule has 0 bridgehead atoms. The van der Waals surface area contributed by atoms with Crippen LogP contribution in [0.15, 0.2) is 121 Å². The van der Waals surface area contributed by atoms with Crippen LogP contribution in [-0.4, -0.2) is 274 Å². The van der Waals surface area contributed by atoms with E-state index in [1.807, 2.05) is 66.7 Å². The van der Waals surface area contributed by atoms with Crippen LogP contribution in [0.25, 0.3) is 0 Å². The largest absolute Gasteiger partial charge is 0.391 e. The van der Waals surface area contributed by atoms with Crippen LogP contribution in [0.3, 0.4) is 0 Å². The van der Waals surface area contributed by atoms with E-state index in [0.717, 1.165) is 29.1 Å². The highest BCUT2D eigenvalue weighted by Crippen LogP contribution is 2.29. The van der Waals surface area contributed by atoms with Crippen molar-refractivity contribution < 1.29 is 72.2 Å². The molecule has 0 aliphatic carbocycles. The van der Waals surface area contributed by atoms with Gasteiger partial charge in [-0.3, -0.25) is 67.1 Å². The molecule has 1 unspecified atom stereocenters. The quantitative estimate of drug-likeness (QED) is 0.0465. The van der Waals surface area contributed by atoms with Gasteiger partial charge in [0.2, 0.25) is 70.9 Å². The van der Waals surface area contributed by atoms with Gasteiger partial charge in [-0.05, 0) is 111 Å². The van der Waals surface area contributed by atoms with Gasteiger partial charge in [-0.1, -0.05) is 204 Å². The molecule has 12 amide bonds. The molecule has 2 heterocycles. The highest BCUT2D eigenvalue weighted by Gasteiger charge is 2.47. The summed E-state index contributed by atoms with van der Waals surface area (Å²) in [6.45, 7) is 23.6. The second-order valence-corrected chi connectivity index (χ2v) is 35.4. The third-order valence-electron chi connectivity index (χ3n) is 24.3. The van der Waals surface area contributed by atoms with Crippen LogP contribution in [-0.2, 0) is 92.8 Å². The number of Topliss-reactive ketones (excluding diaryl/α,β-unsaturated/α-hetero) is 2. The number of nitrogens with zero attached hydrogens (tertiary/aromatic N) is 9. The highest BCUT2D eigenvalue weighted by atomic mass is 16.3. The van der Waals surface area contributed by atoms with Gasteiger partial charge in [0.15, 0.2) is 5.78 Å². The molecule has 2 aliphatic rings. The molecule has 0 spiro atoms. The summed E-state index contributed by atoms with van der Waals surface area (Å²) in [4.78, 5) is 228. The normalized spacial score (nSPS) is 23.4. The molecule has 15 atom stereocenters. The van der Waals surface area contributed by atoms with E-state index in [0.29, 0.717) is 41.8 Å². The summed E-state index contributed by atoms with van der Waals surface area (Å²) in [5.74, 6) is -14.0. The minimum absolute atomic E-state index is 0.0325. The van der Waals surface area contributed by atoms with Crippen molar-refractivity contribution in [3.8, 4) is 0 Å². The monoisotopic (exact) mass is 1680 g/mol. The number of carbonyl (C=O) groups is 14. The van der Waals surface area contributed by atoms with Gasteiger partial charge in [0.1, 0.15) is 66.2 Å². The number of piperidine rings is 1. The van der Waals surface area contributed by atoms with Crippen LogP contribution in [0.1, 0.15) is 176 Å². The molecular weight excluding hydrogens is 1540 g/mol. The number of nitrogens with one attached hydrogen (secondary N) is 3. The van der Waals surface area contributed by atoms with Gasteiger partial charge in [0, 0.05) is 120 Å². The van der Waals surface area contributed by atoms with Gasteiger partial charge in [-0.2, -0.15) is 0 Å². The fourth-order valence-corrected chi connectivity index (χ4v) is 16.2. The Morgan fingerprint density at radius 1 is 0.446 bits per heavy atom. The summed E-state index contributed by atoms with van der Waals surface area (Å²) in [5, 5.41) is 20.1. The van der Waals surface area contributed by atoms with E-state index in [-0.39, 0.29) is 75.0 Å². The summed E-state index contributed by atoms with van der Waals surface area (Å²) in [6, 6.07) is 20.0. The number of rotatable bonds is 26. The molecule has 2 aliphatic heterocycles. The third kappa shape index (κ3) is 27.4. The molecule has 4 aromatic carbocycles. The summed E-state index contributed by atoms with van der Waals surface area (Å²) >= 11 is 0. The van der Waals surface area contributed by atoms with E-state index in [4.69, 9.17) is 0 Å². The van der Waals surface area contributed by atoms with Crippen molar-refractivity contribution in [2.75, 3.05) is 69.5 Å². The zero-order valence-electron chi connectivity index (χ0n) is 75.5. The summed E-state index contributed by atoms with van der Waals surface area (Å²) in [6.07, 6.45) is -0.525. The Labute approximate surface area is 718 Å². The maximum absolute atomic E-state index is 16.3. The molecule has 4 N–H and O–H groups in total. The summed E-state index contributed by atoms with van der Waals surface area (Å²) in [7, 11) is 11.3. The summed E-state index contributed by atoms with van der Waals surface area (Å²) in [5.41, 5.74) is 2.54. The molecule has 0 saturated carbocycles. The van der Waals surface area contributed by atoms with Gasteiger partial charge in [0.25, 0.3) is 0 Å². The Bertz CT molecular complexity index is 4140. The van der Waals surface area contributed by atoms with Gasteiger partial charge >= 0.3 is 0 Å². The van der Waals surface area contributed by atoms with Crippen molar-refractivity contribution in [2.24, 2.45) is 41.4 Å². The third-order valence-corrected chi connectivity index (χ3v) is 24.3. The number of hydrogen-bond donors (Lipinski definition) is 4. The van der Waals surface area contributed by atoms with Crippen molar-refractivity contribution in [2.45, 2.75) is 252 Å². The Morgan fingerprint density at radius 3 is 1.31 bits per heavy atom. The lowest BCUT2D eigenvalue weighted by Crippen LogP contribution is -2.62. The molecule has 121 heavy (non-hydrogen) atoms. The zero-order chi connectivity index (χ0) is 90.1. The average molecular weight is 1680 g/mol. The smallest absolute Gasteiger partial charge is 0.248 e. The second-order valence-electron chi connectivity index (χ2n) is 35.4. The number of amides is 12. The number of aliphatic hydroxyl groups is 1. The summed E-state index contributed by atoms with van der Waals surface area (Å²) < 4.78 is 0. The fraction of sp³-hybridized carbons (Fsp3) is 0.596. The molecule has 27 heteroatoms. The Morgan fingerprint density at radius 2 is 0.843 bits per heavy atom. The minimum atomic E-state index is -1.87. The Kier molecular flexibility index (Phi) is 38.5. The molecule has 0 radical (unpaired) electrons. The minimum Gasteiger partial charge on any atom is -0.391 e. The highest BCUT2D eigenvalue weighted by molar-refractivity contribution is 6.02. The molecular formula is C94H138N12O15. The van der Waals surface area contributed by atoms with Crippen molar-refractivity contribution in [3.05, 3.63) is 144 Å². The van der Waals surface area contributed by atoms with Gasteiger partial charge in [-0.15, -0.1) is 0 Å². The first kappa shape index (κ1) is 99.6.